The molecule has 2 aromatic carbocycles. The van der Waals surface area contributed by atoms with E-state index >= 15 is 0 Å². The molecule has 178 valence electrons. The molecule has 1 aromatic heterocycles. The number of hydrogen-bond donors (Lipinski definition) is 0. The van der Waals surface area contributed by atoms with Crippen molar-refractivity contribution in [2.75, 3.05) is 7.05 Å². The summed E-state index contributed by atoms with van der Waals surface area (Å²) in [6.07, 6.45) is 2.24. The van der Waals surface area contributed by atoms with Crippen molar-refractivity contribution >= 4 is 23.6 Å². The van der Waals surface area contributed by atoms with Crippen LogP contribution in [0.5, 0.6) is 0 Å². The Morgan fingerprint density at radius 3 is 2.53 bits per heavy atom. The van der Waals surface area contributed by atoms with Crippen molar-refractivity contribution < 1.29 is 23.1 Å². The molecule has 0 radical (unpaired) electrons. The zero-order valence-electron chi connectivity index (χ0n) is 19.4. The van der Waals surface area contributed by atoms with Crippen molar-refractivity contribution in [3.8, 4) is 11.3 Å². The maximum absolute atomic E-state index is 14.9. The van der Waals surface area contributed by atoms with Gasteiger partial charge in [-0.1, -0.05) is 17.7 Å². The summed E-state index contributed by atoms with van der Waals surface area (Å²) in [5.41, 5.74) is 1.57. The molecule has 4 rings (SSSR count). The van der Waals surface area contributed by atoms with Crippen LogP contribution in [-0.4, -0.2) is 34.1 Å². The molecule has 1 aliphatic rings. The van der Waals surface area contributed by atoms with Gasteiger partial charge in [0.25, 0.3) is 5.91 Å². The van der Waals surface area contributed by atoms with Gasteiger partial charge in [0.1, 0.15) is 17.2 Å². The predicted molar refractivity (Wildman–Crippen MR) is 126 cm³/mol. The molecule has 0 aliphatic heterocycles. The smallest absolute Gasteiger partial charge is 0.410 e. The van der Waals surface area contributed by atoms with Crippen molar-refractivity contribution in [1.29, 1.82) is 0 Å². The minimum Gasteiger partial charge on any atom is -0.444 e. The van der Waals surface area contributed by atoms with Crippen LogP contribution in [0.3, 0.4) is 0 Å². The second kappa shape index (κ2) is 8.87. The number of halogens is 3. The highest BCUT2D eigenvalue weighted by molar-refractivity contribution is 6.31. The number of amides is 1. The van der Waals surface area contributed by atoms with E-state index in [4.69, 9.17) is 16.3 Å². The molecule has 0 spiro atoms. The zero-order chi connectivity index (χ0) is 24.8. The quantitative estimate of drug-likeness (QED) is 0.417. The van der Waals surface area contributed by atoms with E-state index in [0.717, 1.165) is 23.3 Å². The Morgan fingerprint density at radius 2 is 1.88 bits per heavy atom. The van der Waals surface area contributed by atoms with E-state index in [2.05, 4.69) is 0 Å². The maximum atomic E-state index is 14.9. The lowest BCUT2D eigenvalue weighted by Gasteiger charge is -2.28. The number of fused-ring (bicyclic) bond motifs is 1. The minimum atomic E-state index is -0.773. The van der Waals surface area contributed by atoms with Gasteiger partial charge in [-0.3, -0.25) is 9.36 Å². The fraction of sp³-hybridized carbons (Fsp3) is 0.308. The van der Waals surface area contributed by atoms with E-state index < -0.39 is 29.2 Å². The SMILES string of the molecule is CN(C(=O)OC(C)(C)C)C1CCc2c1cn(C(=O)c1cccc(Cl)c1)c2-c1ccc(F)cc1F. The molecule has 0 saturated carbocycles. The van der Waals surface area contributed by atoms with Gasteiger partial charge in [-0.15, -0.1) is 0 Å². The zero-order valence-corrected chi connectivity index (χ0v) is 20.1. The number of aromatic nitrogens is 1. The van der Waals surface area contributed by atoms with Crippen LogP contribution in [0.2, 0.25) is 5.02 Å². The number of rotatable bonds is 3. The second-order valence-corrected chi connectivity index (χ2v) is 9.80. The number of benzene rings is 2. The summed E-state index contributed by atoms with van der Waals surface area (Å²) < 4.78 is 35.4. The van der Waals surface area contributed by atoms with Gasteiger partial charge in [-0.25, -0.2) is 13.6 Å². The predicted octanol–water partition coefficient (Wildman–Crippen LogP) is 6.63. The first-order valence-electron chi connectivity index (χ1n) is 10.9. The molecule has 0 N–H and O–H groups in total. The summed E-state index contributed by atoms with van der Waals surface area (Å²) in [5.74, 6) is -1.89. The van der Waals surface area contributed by atoms with Crippen LogP contribution in [0, 0.1) is 11.6 Å². The number of nitrogens with zero attached hydrogens (tertiary/aromatic N) is 2. The number of ether oxygens (including phenoxy) is 1. The molecule has 0 bridgehead atoms. The molecule has 5 nitrogen and oxygen atoms in total. The molecule has 1 aliphatic carbocycles. The van der Waals surface area contributed by atoms with Crippen molar-refractivity contribution in [2.24, 2.45) is 0 Å². The monoisotopic (exact) mass is 486 g/mol. The van der Waals surface area contributed by atoms with E-state index in [9.17, 15) is 18.4 Å². The Kier molecular flexibility index (Phi) is 6.25. The highest BCUT2D eigenvalue weighted by Crippen LogP contribution is 2.43. The van der Waals surface area contributed by atoms with Gasteiger partial charge in [0.05, 0.1) is 11.7 Å². The van der Waals surface area contributed by atoms with E-state index in [1.807, 2.05) is 0 Å². The largest absolute Gasteiger partial charge is 0.444 e. The molecule has 0 fully saturated rings. The van der Waals surface area contributed by atoms with Crippen LogP contribution in [0.1, 0.15) is 54.7 Å². The molecular weight excluding hydrogens is 462 g/mol. The number of hydrogen-bond acceptors (Lipinski definition) is 3. The first kappa shape index (κ1) is 24.0. The van der Waals surface area contributed by atoms with Crippen LogP contribution < -0.4 is 0 Å². The van der Waals surface area contributed by atoms with Crippen LogP contribution in [0.25, 0.3) is 11.3 Å². The normalized spacial score (nSPS) is 15.2. The van der Waals surface area contributed by atoms with Crippen LogP contribution in [0.4, 0.5) is 13.6 Å². The summed E-state index contributed by atoms with van der Waals surface area (Å²) in [4.78, 5) is 27.7. The van der Waals surface area contributed by atoms with E-state index in [1.54, 1.807) is 52.2 Å². The van der Waals surface area contributed by atoms with Crippen molar-refractivity contribution in [2.45, 2.75) is 45.3 Å². The van der Waals surface area contributed by atoms with Gasteiger partial charge in [0.2, 0.25) is 0 Å². The van der Waals surface area contributed by atoms with Gasteiger partial charge >= 0.3 is 6.09 Å². The van der Waals surface area contributed by atoms with Crippen molar-refractivity contribution in [1.82, 2.24) is 9.47 Å². The minimum absolute atomic E-state index is 0.110. The van der Waals surface area contributed by atoms with E-state index in [-0.39, 0.29) is 11.6 Å². The molecule has 1 heterocycles. The molecule has 1 amide bonds. The van der Waals surface area contributed by atoms with Gasteiger partial charge in [0.15, 0.2) is 0 Å². The first-order chi connectivity index (χ1) is 16.0. The number of carbonyl (C=O) groups excluding carboxylic acids is 2. The summed E-state index contributed by atoms with van der Waals surface area (Å²) >= 11 is 6.08. The Morgan fingerprint density at radius 1 is 1.15 bits per heavy atom. The van der Waals surface area contributed by atoms with Crippen molar-refractivity contribution in [3.05, 3.63) is 82.0 Å². The topological polar surface area (TPSA) is 51.5 Å². The third-order valence-electron chi connectivity index (χ3n) is 5.80. The summed E-state index contributed by atoms with van der Waals surface area (Å²) in [5, 5.41) is 0.391. The van der Waals surface area contributed by atoms with Gasteiger partial charge in [-0.2, -0.15) is 0 Å². The van der Waals surface area contributed by atoms with Crippen LogP contribution in [-0.2, 0) is 11.2 Å². The van der Waals surface area contributed by atoms with Gasteiger partial charge in [0, 0.05) is 35.5 Å². The summed E-state index contributed by atoms with van der Waals surface area (Å²) in [6, 6.07) is 9.38. The fourth-order valence-corrected chi connectivity index (χ4v) is 4.50. The summed E-state index contributed by atoms with van der Waals surface area (Å²) in [7, 11) is 1.64. The lowest BCUT2D eigenvalue weighted by Crippen LogP contribution is -2.36. The second-order valence-electron chi connectivity index (χ2n) is 9.37. The summed E-state index contributed by atoms with van der Waals surface area (Å²) in [6.45, 7) is 5.36. The van der Waals surface area contributed by atoms with Crippen LogP contribution >= 0.6 is 11.6 Å². The Labute approximate surface area is 201 Å². The van der Waals surface area contributed by atoms with E-state index in [0.29, 0.717) is 29.1 Å². The first-order valence-corrected chi connectivity index (χ1v) is 11.3. The Balaban J connectivity index is 1.83. The number of carbonyl (C=O) groups is 2. The molecule has 1 atom stereocenters. The van der Waals surface area contributed by atoms with Gasteiger partial charge in [-0.05, 0) is 75.1 Å². The van der Waals surface area contributed by atoms with Crippen LogP contribution in [0.15, 0.2) is 48.7 Å². The molecule has 34 heavy (non-hydrogen) atoms. The third kappa shape index (κ3) is 4.57. The van der Waals surface area contributed by atoms with E-state index in [1.165, 1.54) is 21.6 Å². The van der Waals surface area contributed by atoms with Gasteiger partial charge < -0.3 is 9.64 Å². The fourth-order valence-electron chi connectivity index (χ4n) is 4.31. The molecule has 0 saturated heterocycles. The highest BCUT2D eigenvalue weighted by atomic mass is 35.5. The molecule has 3 aromatic rings. The average molecular weight is 487 g/mol. The lowest BCUT2D eigenvalue weighted by molar-refractivity contribution is 0.0220. The molecular formula is C26H25ClF2N2O3. The maximum Gasteiger partial charge on any atom is 0.410 e. The average Bonchev–Trinajstić information content (AvgIpc) is 3.31. The molecule has 8 heteroatoms. The highest BCUT2D eigenvalue weighted by Gasteiger charge is 2.36. The lowest BCUT2D eigenvalue weighted by atomic mass is 10.0. The Bertz CT molecular complexity index is 1280. The standard InChI is InChI=1S/C26H25ClF2N2O3/c1-26(2,3)34-25(33)30(4)22-11-10-18-20(22)14-31(24(32)15-6-5-7-16(27)12-15)23(18)19-9-8-17(28)13-21(19)29/h5-9,12-14,22H,10-11H2,1-4H3. The van der Waals surface area contributed by atoms with Crippen molar-refractivity contribution in [3.63, 3.8) is 0 Å². The Hall–Kier alpha value is -3.19. The third-order valence-corrected chi connectivity index (χ3v) is 6.03. The molecule has 1 unspecified atom stereocenters.